The van der Waals surface area contributed by atoms with Crippen LogP contribution in [0, 0.1) is 17.8 Å². The highest BCUT2D eigenvalue weighted by Gasteiger charge is 2.57. The number of carboxylic acids is 1. The lowest BCUT2D eigenvalue weighted by atomic mass is 9.54. The molecule has 1 N–H and O–H groups in total. The fourth-order valence-corrected chi connectivity index (χ4v) is 4.64. The zero-order valence-electron chi connectivity index (χ0n) is 17.4. The van der Waals surface area contributed by atoms with Crippen molar-refractivity contribution < 1.29 is 19.4 Å². The third-order valence-electron chi connectivity index (χ3n) is 6.22. The number of esters is 1. The molecule has 0 saturated heterocycles. The molecule has 1 saturated carbocycles. The molecule has 0 heterocycles. The van der Waals surface area contributed by atoms with Crippen LogP contribution in [0.15, 0.2) is 96.6 Å². The van der Waals surface area contributed by atoms with Crippen LogP contribution >= 0.6 is 0 Å². The van der Waals surface area contributed by atoms with E-state index < -0.39 is 35.7 Å². The summed E-state index contributed by atoms with van der Waals surface area (Å²) in [5.74, 6) is -3.27. The summed E-state index contributed by atoms with van der Waals surface area (Å²) in [6, 6.07) is 19.0. The fraction of sp³-hybridized carbons (Fsp3) is 0.259. The SMILES string of the molecule is CC(OC(=O)C1C(C=C2C=CC=CC2)C(C(=O)O)C1c1ccccc1)c1ccccc1. The highest BCUT2D eigenvalue weighted by molar-refractivity contribution is 5.83. The zero-order valence-corrected chi connectivity index (χ0v) is 17.4. The minimum absolute atomic E-state index is 0.347. The number of allylic oxidation sites excluding steroid dienone is 6. The topological polar surface area (TPSA) is 63.6 Å². The van der Waals surface area contributed by atoms with E-state index in [0.717, 1.165) is 23.1 Å². The summed E-state index contributed by atoms with van der Waals surface area (Å²) in [5, 5.41) is 10.0. The standard InChI is InChI=1S/C27H26O4/c1-18(20-13-7-3-8-14-20)31-27(30)25-22(17-19-11-5-2-6-12-19)24(26(28)29)23(25)21-15-9-4-10-16-21/h2-11,13-18,22-25H,12H2,1H3,(H,28,29). The third kappa shape index (κ3) is 4.38. The molecule has 0 aromatic heterocycles. The Morgan fingerprint density at radius 2 is 1.68 bits per heavy atom. The monoisotopic (exact) mass is 414 g/mol. The highest BCUT2D eigenvalue weighted by Crippen LogP contribution is 2.54. The summed E-state index contributed by atoms with van der Waals surface area (Å²) in [4.78, 5) is 25.6. The van der Waals surface area contributed by atoms with Crippen molar-refractivity contribution in [3.63, 3.8) is 0 Å². The first-order valence-electron chi connectivity index (χ1n) is 10.6. The van der Waals surface area contributed by atoms with Crippen molar-refractivity contribution in [2.45, 2.75) is 25.4 Å². The molecule has 2 aliphatic rings. The van der Waals surface area contributed by atoms with Crippen molar-refractivity contribution in [2.24, 2.45) is 17.8 Å². The van der Waals surface area contributed by atoms with Crippen LogP contribution in [0.25, 0.3) is 0 Å². The maximum absolute atomic E-state index is 13.3. The lowest BCUT2D eigenvalue weighted by Crippen LogP contribution is -2.52. The van der Waals surface area contributed by atoms with Crippen molar-refractivity contribution in [2.75, 3.05) is 0 Å². The molecule has 1 fully saturated rings. The van der Waals surface area contributed by atoms with Gasteiger partial charge in [0.25, 0.3) is 0 Å². The molecule has 0 bridgehead atoms. The van der Waals surface area contributed by atoms with E-state index in [9.17, 15) is 14.7 Å². The summed E-state index contributed by atoms with van der Waals surface area (Å²) < 4.78 is 5.85. The van der Waals surface area contributed by atoms with Gasteiger partial charge in [-0.1, -0.05) is 91.0 Å². The second kappa shape index (κ2) is 9.17. The number of hydrogen-bond acceptors (Lipinski definition) is 3. The largest absolute Gasteiger partial charge is 0.481 e. The van der Waals surface area contributed by atoms with Gasteiger partial charge in [0.1, 0.15) is 6.10 Å². The number of benzene rings is 2. The van der Waals surface area contributed by atoms with Crippen LogP contribution in [-0.2, 0) is 14.3 Å². The Kier molecular flexibility index (Phi) is 6.17. The van der Waals surface area contributed by atoms with E-state index in [1.807, 2.05) is 98.0 Å². The second-order valence-electron chi connectivity index (χ2n) is 8.13. The lowest BCUT2D eigenvalue weighted by Gasteiger charge is -2.48. The Labute approximate surface area is 182 Å². The molecular formula is C27H26O4. The average Bonchev–Trinajstić information content (AvgIpc) is 2.78. The summed E-state index contributed by atoms with van der Waals surface area (Å²) in [7, 11) is 0. The van der Waals surface area contributed by atoms with Gasteiger partial charge in [-0.3, -0.25) is 9.59 Å². The minimum atomic E-state index is -0.883. The number of carbonyl (C=O) groups is 2. The average molecular weight is 415 g/mol. The van der Waals surface area contributed by atoms with E-state index in [1.54, 1.807) is 0 Å². The quantitative estimate of drug-likeness (QED) is 0.637. The molecule has 2 aromatic carbocycles. The Hall–Kier alpha value is -3.40. The van der Waals surface area contributed by atoms with Gasteiger partial charge < -0.3 is 9.84 Å². The van der Waals surface area contributed by atoms with E-state index in [4.69, 9.17) is 4.74 Å². The van der Waals surface area contributed by atoms with Crippen LogP contribution < -0.4 is 0 Å². The summed E-state index contributed by atoms with van der Waals surface area (Å²) in [5.41, 5.74) is 2.80. The van der Waals surface area contributed by atoms with Gasteiger partial charge in [0.05, 0.1) is 11.8 Å². The smallest absolute Gasteiger partial charge is 0.310 e. The van der Waals surface area contributed by atoms with E-state index in [0.29, 0.717) is 0 Å². The molecule has 31 heavy (non-hydrogen) atoms. The third-order valence-corrected chi connectivity index (χ3v) is 6.22. The molecule has 0 spiro atoms. The van der Waals surface area contributed by atoms with E-state index >= 15 is 0 Å². The maximum Gasteiger partial charge on any atom is 0.310 e. The van der Waals surface area contributed by atoms with Gasteiger partial charge >= 0.3 is 11.9 Å². The maximum atomic E-state index is 13.3. The highest BCUT2D eigenvalue weighted by atomic mass is 16.5. The number of hydrogen-bond donors (Lipinski definition) is 1. The van der Waals surface area contributed by atoms with Gasteiger partial charge in [0.15, 0.2) is 0 Å². The van der Waals surface area contributed by atoms with Gasteiger partial charge in [-0.25, -0.2) is 0 Å². The fourth-order valence-electron chi connectivity index (χ4n) is 4.64. The first-order chi connectivity index (χ1) is 15.1. The Balaban J connectivity index is 1.65. The Morgan fingerprint density at radius 3 is 2.29 bits per heavy atom. The van der Waals surface area contributed by atoms with Crippen LogP contribution in [0.1, 0.15) is 36.5 Å². The molecule has 0 amide bonds. The minimum Gasteiger partial charge on any atom is -0.481 e. The van der Waals surface area contributed by atoms with E-state index in [-0.39, 0.29) is 5.97 Å². The van der Waals surface area contributed by atoms with Crippen molar-refractivity contribution >= 4 is 11.9 Å². The first-order valence-corrected chi connectivity index (χ1v) is 10.6. The van der Waals surface area contributed by atoms with Crippen LogP contribution in [0.2, 0.25) is 0 Å². The number of carboxylic acid groups (broad SMARTS) is 1. The van der Waals surface area contributed by atoms with Crippen LogP contribution in [-0.4, -0.2) is 17.0 Å². The zero-order chi connectivity index (χ0) is 21.8. The molecule has 5 unspecified atom stereocenters. The molecule has 4 heteroatoms. The lowest BCUT2D eigenvalue weighted by molar-refractivity contribution is -0.170. The molecule has 2 aromatic rings. The number of rotatable bonds is 6. The van der Waals surface area contributed by atoms with E-state index in [2.05, 4.69) is 0 Å². The number of aliphatic carboxylic acids is 1. The molecule has 5 atom stereocenters. The molecule has 0 aliphatic heterocycles. The number of ether oxygens (including phenoxy) is 1. The van der Waals surface area contributed by atoms with Gasteiger partial charge in [-0.05, 0) is 30.0 Å². The normalized spacial score (nSPS) is 26.8. The summed E-state index contributed by atoms with van der Waals surface area (Å²) in [6.45, 7) is 1.85. The number of carbonyl (C=O) groups excluding carboxylic acids is 1. The predicted molar refractivity (Wildman–Crippen MR) is 119 cm³/mol. The predicted octanol–water partition coefficient (Wildman–Crippen LogP) is 5.46. The molecular weight excluding hydrogens is 388 g/mol. The Morgan fingerprint density at radius 1 is 1.00 bits per heavy atom. The molecule has 0 radical (unpaired) electrons. The molecule has 2 aliphatic carbocycles. The van der Waals surface area contributed by atoms with Crippen LogP contribution in [0.3, 0.4) is 0 Å². The van der Waals surface area contributed by atoms with Crippen LogP contribution in [0.5, 0.6) is 0 Å². The molecule has 158 valence electrons. The molecule has 4 nitrogen and oxygen atoms in total. The summed E-state index contributed by atoms with van der Waals surface area (Å²) >= 11 is 0. The van der Waals surface area contributed by atoms with Gasteiger partial charge in [0, 0.05) is 11.8 Å². The van der Waals surface area contributed by atoms with Crippen LogP contribution in [0.4, 0.5) is 0 Å². The van der Waals surface area contributed by atoms with Crippen molar-refractivity contribution in [3.8, 4) is 0 Å². The summed E-state index contributed by atoms with van der Waals surface area (Å²) in [6.07, 6.45) is 10.2. The second-order valence-corrected chi connectivity index (χ2v) is 8.13. The first kappa shape index (κ1) is 20.9. The van der Waals surface area contributed by atoms with Crippen molar-refractivity contribution in [3.05, 3.63) is 108 Å². The van der Waals surface area contributed by atoms with Gasteiger partial charge in [-0.2, -0.15) is 0 Å². The molecule has 4 rings (SSSR count). The Bertz CT molecular complexity index is 1020. The van der Waals surface area contributed by atoms with Gasteiger partial charge in [-0.15, -0.1) is 0 Å². The van der Waals surface area contributed by atoms with Crippen molar-refractivity contribution in [1.82, 2.24) is 0 Å². The van der Waals surface area contributed by atoms with E-state index in [1.165, 1.54) is 0 Å². The van der Waals surface area contributed by atoms with Crippen molar-refractivity contribution in [1.29, 1.82) is 0 Å². The van der Waals surface area contributed by atoms with Gasteiger partial charge in [0.2, 0.25) is 0 Å².